The van der Waals surface area contributed by atoms with Gasteiger partial charge in [-0.1, -0.05) is 4.49 Å². The third-order valence-electron chi connectivity index (χ3n) is 3.13. The second-order valence-corrected chi connectivity index (χ2v) is 5.11. The zero-order valence-corrected chi connectivity index (χ0v) is 8.90. The van der Waals surface area contributed by atoms with Gasteiger partial charge in [0.05, 0.1) is 19.3 Å². The van der Waals surface area contributed by atoms with E-state index in [-0.39, 0.29) is 5.91 Å². The number of likely N-dealkylation sites (tertiary alicyclic amines) is 1. The van der Waals surface area contributed by atoms with Crippen molar-refractivity contribution in [3.8, 4) is 0 Å². The molecule has 5 nitrogen and oxygen atoms in total. The summed E-state index contributed by atoms with van der Waals surface area (Å²) in [4.78, 5) is 14.0. The molecule has 2 heterocycles. The van der Waals surface area contributed by atoms with Crippen molar-refractivity contribution < 1.29 is 9.90 Å². The first kappa shape index (κ1) is 9.23. The minimum atomic E-state index is -0.603. The Balaban J connectivity index is 1.65. The summed E-state index contributed by atoms with van der Waals surface area (Å²) in [5, 5.41) is 13.7. The molecular formula is C9H11N3O2S. The van der Waals surface area contributed by atoms with Crippen LogP contribution in [0.25, 0.3) is 0 Å². The van der Waals surface area contributed by atoms with Gasteiger partial charge in [0.15, 0.2) is 0 Å². The fraction of sp³-hybridized carbons (Fsp3) is 0.667. The summed E-state index contributed by atoms with van der Waals surface area (Å²) in [6, 6.07) is 0. The molecule has 1 saturated heterocycles. The number of aliphatic hydroxyl groups is 1. The van der Waals surface area contributed by atoms with Crippen molar-refractivity contribution in [2.24, 2.45) is 5.92 Å². The number of nitrogens with zero attached hydrogens (tertiary/aromatic N) is 3. The molecular weight excluding hydrogens is 214 g/mol. The first-order valence-electron chi connectivity index (χ1n) is 4.98. The zero-order valence-electron chi connectivity index (χ0n) is 8.09. The molecule has 1 aliphatic carbocycles. The van der Waals surface area contributed by atoms with Crippen molar-refractivity contribution in [3.05, 3.63) is 11.1 Å². The highest BCUT2D eigenvalue weighted by molar-refractivity contribution is 7.07. The second kappa shape index (κ2) is 2.99. The lowest BCUT2D eigenvalue weighted by Gasteiger charge is -2.46. The standard InChI is InChI=1S/C9H11N3O2S/c13-8(7-3-10-11-15-7)12-4-9(14,5-12)6-1-2-6/h3,6,14H,1-2,4-5H2. The summed E-state index contributed by atoms with van der Waals surface area (Å²) in [7, 11) is 0. The van der Waals surface area contributed by atoms with Gasteiger partial charge in [-0.2, -0.15) is 0 Å². The van der Waals surface area contributed by atoms with Crippen LogP contribution in [0.2, 0.25) is 0 Å². The van der Waals surface area contributed by atoms with E-state index in [1.807, 2.05) is 0 Å². The Labute approximate surface area is 90.9 Å². The molecule has 1 N–H and O–H groups in total. The molecule has 1 amide bonds. The van der Waals surface area contributed by atoms with Crippen molar-refractivity contribution in [1.29, 1.82) is 0 Å². The summed E-state index contributed by atoms with van der Waals surface area (Å²) >= 11 is 1.10. The van der Waals surface area contributed by atoms with Gasteiger partial charge >= 0.3 is 0 Å². The van der Waals surface area contributed by atoms with Gasteiger partial charge in [-0.3, -0.25) is 4.79 Å². The summed E-state index contributed by atoms with van der Waals surface area (Å²) in [5.41, 5.74) is -0.603. The predicted molar refractivity (Wildman–Crippen MR) is 53.5 cm³/mol. The van der Waals surface area contributed by atoms with Gasteiger partial charge in [0, 0.05) is 0 Å². The first-order valence-corrected chi connectivity index (χ1v) is 5.75. The topological polar surface area (TPSA) is 66.3 Å². The Kier molecular flexibility index (Phi) is 1.84. The van der Waals surface area contributed by atoms with E-state index in [0.29, 0.717) is 23.9 Å². The van der Waals surface area contributed by atoms with Gasteiger partial charge in [-0.05, 0) is 30.3 Å². The lowest BCUT2D eigenvalue weighted by molar-refractivity contribution is -0.0956. The van der Waals surface area contributed by atoms with Gasteiger partial charge in [-0.15, -0.1) is 5.10 Å². The smallest absolute Gasteiger partial charge is 0.267 e. The minimum Gasteiger partial charge on any atom is -0.386 e. The molecule has 15 heavy (non-hydrogen) atoms. The maximum Gasteiger partial charge on any atom is 0.267 e. The van der Waals surface area contributed by atoms with Crippen LogP contribution in [-0.2, 0) is 0 Å². The Hall–Kier alpha value is -1.01. The van der Waals surface area contributed by atoms with Crippen LogP contribution in [0, 0.1) is 5.92 Å². The van der Waals surface area contributed by atoms with Crippen LogP contribution in [0.1, 0.15) is 22.5 Å². The van der Waals surface area contributed by atoms with Crippen molar-refractivity contribution in [2.45, 2.75) is 18.4 Å². The number of hydrogen-bond donors (Lipinski definition) is 1. The number of amides is 1. The van der Waals surface area contributed by atoms with Crippen molar-refractivity contribution >= 4 is 17.4 Å². The molecule has 1 saturated carbocycles. The van der Waals surface area contributed by atoms with E-state index < -0.39 is 5.60 Å². The maximum atomic E-state index is 11.8. The first-order chi connectivity index (χ1) is 7.19. The maximum absolute atomic E-state index is 11.8. The second-order valence-electron chi connectivity index (χ2n) is 4.32. The van der Waals surface area contributed by atoms with Crippen LogP contribution in [0.5, 0.6) is 0 Å². The van der Waals surface area contributed by atoms with E-state index in [1.54, 1.807) is 4.90 Å². The fourth-order valence-corrected chi connectivity index (χ4v) is 2.54. The summed E-state index contributed by atoms with van der Waals surface area (Å²) in [5.74, 6) is 0.358. The lowest BCUT2D eigenvalue weighted by Crippen LogP contribution is -2.64. The Bertz CT molecular complexity index is 382. The van der Waals surface area contributed by atoms with Gasteiger partial charge in [0.25, 0.3) is 5.91 Å². The highest BCUT2D eigenvalue weighted by Gasteiger charge is 2.53. The average molecular weight is 225 g/mol. The van der Waals surface area contributed by atoms with Gasteiger partial charge in [0.2, 0.25) is 0 Å². The number of carbonyl (C=O) groups excluding carboxylic acids is 1. The molecule has 6 heteroatoms. The Morgan fingerprint density at radius 2 is 2.33 bits per heavy atom. The molecule has 3 rings (SSSR count). The number of β-amino-alcohol motifs (C(OH)–C–C–N with tert-alkyl or cyclic N) is 1. The third kappa shape index (κ3) is 1.44. The van der Waals surface area contributed by atoms with E-state index in [9.17, 15) is 9.90 Å². The molecule has 1 aliphatic heterocycles. The molecule has 0 spiro atoms. The number of aromatic nitrogens is 2. The van der Waals surface area contributed by atoms with Crippen LogP contribution >= 0.6 is 11.5 Å². The van der Waals surface area contributed by atoms with Gasteiger partial charge in [0.1, 0.15) is 10.5 Å². The van der Waals surface area contributed by atoms with Crippen molar-refractivity contribution in [2.75, 3.05) is 13.1 Å². The van der Waals surface area contributed by atoms with Crippen LogP contribution in [-0.4, -0.2) is 44.2 Å². The van der Waals surface area contributed by atoms with E-state index in [0.717, 1.165) is 24.4 Å². The van der Waals surface area contributed by atoms with Gasteiger partial charge in [-0.25, -0.2) is 0 Å². The quantitative estimate of drug-likeness (QED) is 0.777. The van der Waals surface area contributed by atoms with E-state index in [1.165, 1.54) is 6.20 Å². The summed E-state index contributed by atoms with van der Waals surface area (Å²) in [6.07, 6.45) is 3.67. The molecule has 2 aliphatic rings. The lowest BCUT2D eigenvalue weighted by atomic mass is 9.88. The molecule has 1 aromatic rings. The molecule has 0 unspecified atom stereocenters. The van der Waals surface area contributed by atoms with E-state index in [2.05, 4.69) is 9.59 Å². The zero-order chi connectivity index (χ0) is 10.5. The third-order valence-corrected chi connectivity index (χ3v) is 3.78. The van der Waals surface area contributed by atoms with Crippen LogP contribution < -0.4 is 0 Å². The number of rotatable bonds is 2. The minimum absolute atomic E-state index is 0.0599. The monoisotopic (exact) mass is 225 g/mol. The van der Waals surface area contributed by atoms with Crippen LogP contribution in [0.4, 0.5) is 0 Å². The summed E-state index contributed by atoms with van der Waals surface area (Å²) in [6.45, 7) is 0.933. The number of hydrogen-bond acceptors (Lipinski definition) is 5. The Morgan fingerprint density at radius 1 is 1.60 bits per heavy atom. The fourth-order valence-electron chi connectivity index (χ4n) is 2.05. The largest absolute Gasteiger partial charge is 0.386 e. The highest BCUT2D eigenvalue weighted by Crippen LogP contribution is 2.44. The average Bonchev–Trinajstić information content (AvgIpc) is 2.89. The molecule has 0 bridgehead atoms. The van der Waals surface area contributed by atoms with Crippen molar-refractivity contribution in [3.63, 3.8) is 0 Å². The normalized spacial score (nSPS) is 23.7. The molecule has 2 fully saturated rings. The molecule has 0 radical (unpaired) electrons. The molecule has 80 valence electrons. The van der Waals surface area contributed by atoms with E-state index in [4.69, 9.17) is 0 Å². The Morgan fingerprint density at radius 3 is 2.87 bits per heavy atom. The molecule has 1 aromatic heterocycles. The number of carbonyl (C=O) groups is 1. The van der Waals surface area contributed by atoms with E-state index >= 15 is 0 Å². The molecule has 0 aromatic carbocycles. The van der Waals surface area contributed by atoms with Crippen LogP contribution in [0.15, 0.2) is 6.20 Å². The summed E-state index contributed by atoms with van der Waals surface area (Å²) < 4.78 is 3.65. The van der Waals surface area contributed by atoms with Crippen LogP contribution in [0.3, 0.4) is 0 Å². The highest BCUT2D eigenvalue weighted by atomic mass is 32.1. The predicted octanol–water partition coefficient (Wildman–Crippen LogP) is 0.135. The van der Waals surface area contributed by atoms with Gasteiger partial charge < -0.3 is 10.0 Å². The molecule has 0 atom stereocenters. The van der Waals surface area contributed by atoms with Crippen molar-refractivity contribution in [1.82, 2.24) is 14.5 Å². The SMILES string of the molecule is O=C(c1cnns1)N1CC(O)(C2CC2)C1.